The fourth-order valence-corrected chi connectivity index (χ4v) is 10.7. The molecule has 0 bridgehead atoms. The third-order valence-corrected chi connectivity index (χ3v) is 14.1. The molecule has 8 aromatic carbocycles. The first kappa shape index (κ1) is 38.3. The van der Waals surface area contributed by atoms with E-state index in [4.69, 9.17) is 4.74 Å². The van der Waals surface area contributed by atoms with Crippen molar-refractivity contribution in [1.29, 1.82) is 0 Å². The molecule has 2 nitrogen and oxygen atoms in total. The van der Waals surface area contributed by atoms with E-state index >= 15 is 0 Å². The van der Waals surface area contributed by atoms with Crippen LogP contribution >= 0.6 is 0 Å². The molecule has 8 aromatic rings. The number of benzene rings is 8. The summed E-state index contributed by atoms with van der Waals surface area (Å²) in [6.07, 6.45) is 0. The number of nitrogens with zero attached hydrogens (tertiary/aromatic N) is 1. The normalized spacial score (nSPS) is 14.8. The maximum Gasteiger partial charge on any atom is 0.132 e. The van der Waals surface area contributed by atoms with Gasteiger partial charge in [-0.2, -0.15) is 0 Å². The van der Waals surface area contributed by atoms with Crippen LogP contribution in [0.3, 0.4) is 0 Å². The summed E-state index contributed by atoms with van der Waals surface area (Å²) in [5, 5.41) is 0. The molecule has 1 heterocycles. The van der Waals surface area contributed by atoms with Crippen molar-refractivity contribution in [3.63, 3.8) is 0 Å². The number of hydrogen-bond acceptors (Lipinski definition) is 2. The van der Waals surface area contributed by atoms with E-state index in [9.17, 15) is 0 Å². The fraction of sp³-hybridized carbons (Fsp3) is 0.200. The molecule has 3 aliphatic rings. The van der Waals surface area contributed by atoms with Gasteiger partial charge in [0.1, 0.15) is 11.5 Å². The molecule has 0 aromatic heterocycles. The standard InChI is InChI=1S/C60H53NO/c1-57(2,3)40-24-32-55-53(34-40)60(54-35-41(58(4,5)6)25-33-56(54)62-55)50-21-15-13-19-46(50)48-31-29-44(37-52(48)60)61(42-26-22-39(23-27-42)38-16-10-9-11-17-38)43-28-30-47-45-18-12-14-20-49(45)59(7,8)51(47)36-43/h9-37H,1-8H3. The largest absolute Gasteiger partial charge is 0.457 e. The molecule has 0 amide bonds. The summed E-state index contributed by atoms with van der Waals surface area (Å²) in [6.45, 7) is 18.6. The molecule has 0 radical (unpaired) electrons. The molecule has 62 heavy (non-hydrogen) atoms. The highest BCUT2D eigenvalue weighted by Gasteiger charge is 2.52. The van der Waals surface area contributed by atoms with Crippen LogP contribution in [0.15, 0.2) is 176 Å². The number of rotatable bonds is 4. The van der Waals surface area contributed by atoms with Crippen LogP contribution in [0, 0.1) is 0 Å². The van der Waals surface area contributed by atoms with Crippen LogP contribution < -0.4 is 9.64 Å². The lowest BCUT2D eigenvalue weighted by Gasteiger charge is -2.41. The Morgan fingerprint density at radius 3 is 1.40 bits per heavy atom. The number of ether oxygens (including phenoxy) is 1. The van der Waals surface area contributed by atoms with Crippen molar-refractivity contribution in [2.24, 2.45) is 0 Å². The predicted octanol–water partition coefficient (Wildman–Crippen LogP) is 16.2. The van der Waals surface area contributed by atoms with E-state index in [1.807, 2.05) is 0 Å². The molecule has 2 aliphatic carbocycles. The summed E-state index contributed by atoms with van der Waals surface area (Å²) in [4.78, 5) is 2.48. The first-order chi connectivity index (χ1) is 29.7. The topological polar surface area (TPSA) is 12.5 Å². The van der Waals surface area contributed by atoms with Gasteiger partial charge in [0.05, 0.1) is 5.41 Å². The summed E-state index contributed by atoms with van der Waals surface area (Å²) in [7, 11) is 0. The lowest BCUT2D eigenvalue weighted by molar-refractivity contribution is 0.433. The Hall–Kier alpha value is -6.64. The van der Waals surface area contributed by atoms with E-state index in [1.54, 1.807) is 0 Å². The van der Waals surface area contributed by atoms with Gasteiger partial charge < -0.3 is 9.64 Å². The van der Waals surface area contributed by atoms with Gasteiger partial charge in [-0.25, -0.2) is 0 Å². The minimum absolute atomic E-state index is 0.0593. The molecule has 2 heteroatoms. The Balaban J connectivity index is 1.19. The van der Waals surface area contributed by atoms with E-state index in [0.717, 1.165) is 28.6 Å². The van der Waals surface area contributed by atoms with E-state index in [1.165, 1.54) is 77.9 Å². The highest BCUT2D eigenvalue weighted by molar-refractivity contribution is 5.92. The molecular formula is C60H53NO. The molecule has 1 spiro atoms. The summed E-state index contributed by atoms with van der Waals surface area (Å²) in [5.41, 5.74) is 20.3. The van der Waals surface area contributed by atoms with Gasteiger partial charge in [0.25, 0.3) is 0 Å². The van der Waals surface area contributed by atoms with Crippen molar-refractivity contribution in [2.75, 3.05) is 4.90 Å². The van der Waals surface area contributed by atoms with Crippen LogP contribution in [0.5, 0.6) is 11.5 Å². The minimum Gasteiger partial charge on any atom is -0.457 e. The van der Waals surface area contributed by atoms with Gasteiger partial charge >= 0.3 is 0 Å². The van der Waals surface area contributed by atoms with E-state index < -0.39 is 5.41 Å². The fourth-order valence-electron chi connectivity index (χ4n) is 10.7. The predicted molar refractivity (Wildman–Crippen MR) is 259 cm³/mol. The van der Waals surface area contributed by atoms with Crippen molar-refractivity contribution in [3.05, 3.63) is 220 Å². The Morgan fingerprint density at radius 2 is 0.823 bits per heavy atom. The minimum atomic E-state index is -0.627. The molecule has 0 fully saturated rings. The quantitative estimate of drug-likeness (QED) is 0.176. The second kappa shape index (κ2) is 13.4. The molecule has 0 unspecified atom stereocenters. The van der Waals surface area contributed by atoms with Gasteiger partial charge in [-0.3, -0.25) is 0 Å². The first-order valence-corrected chi connectivity index (χ1v) is 22.2. The third-order valence-electron chi connectivity index (χ3n) is 14.1. The van der Waals surface area contributed by atoms with E-state index in [-0.39, 0.29) is 16.2 Å². The smallest absolute Gasteiger partial charge is 0.132 e. The van der Waals surface area contributed by atoms with Crippen molar-refractivity contribution in [1.82, 2.24) is 0 Å². The van der Waals surface area contributed by atoms with E-state index in [2.05, 4.69) is 236 Å². The highest BCUT2D eigenvalue weighted by Crippen LogP contribution is 2.63. The molecular weight excluding hydrogens is 751 g/mol. The van der Waals surface area contributed by atoms with Crippen LogP contribution in [-0.4, -0.2) is 0 Å². The second-order valence-electron chi connectivity index (χ2n) is 20.2. The summed E-state index contributed by atoms with van der Waals surface area (Å²) in [6, 6.07) is 66.0. The Bertz CT molecular complexity index is 3020. The van der Waals surface area contributed by atoms with Gasteiger partial charge in [-0.05, 0) is 138 Å². The van der Waals surface area contributed by atoms with Crippen LogP contribution in [-0.2, 0) is 21.7 Å². The summed E-state index contributed by atoms with van der Waals surface area (Å²) < 4.78 is 6.97. The maximum atomic E-state index is 6.97. The molecule has 0 atom stereocenters. The van der Waals surface area contributed by atoms with Crippen molar-refractivity contribution in [2.45, 2.75) is 77.0 Å². The van der Waals surface area contributed by atoms with Crippen LogP contribution in [0.2, 0.25) is 0 Å². The summed E-state index contributed by atoms with van der Waals surface area (Å²) in [5.74, 6) is 1.83. The maximum absolute atomic E-state index is 6.97. The Kier molecular flexibility index (Phi) is 8.29. The van der Waals surface area contributed by atoms with Gasteiger partial charge in [-0.15, -0.1) is 0 Å². The average molecular weight is 804 g/mol. The summed E-state index contributed by atoms with van der Waals surface area (Å²) >= 11 is 0. The molecule has 11 rings (SSSR count). The Labute approximate surface area is 367 Å². The Morgan fingerprint density at radius 1 is 0.371 bits per heavy atom. The molecule has 0 N–H and O–H groups in total. The van der Waals surface area contributed by atoms with Crippen molar-refractivity contribution < 1.29 is 4.74 Å². The first-order valence-electron chi connectivity index (χ1n) is 22.2. The van der Waals surface area contributed by atoms with Gasteiger partial charge in [0, 0.05) is 33.6 Å². The second-order valence-corrected chi connectivity index (χ2v) is 20.2. The van der Waals surface area contributed by atoms with Gasteiger partial charge in [-0.1, -0.05) is 171 Å². The van der Waals surface area contributed by atoms with Crippen LogP contribution in [0.4, 0.5) is 17.1 Å². The monoisotopic (exact) mass is 803 g/mol. The lowest BCUT2D eigenvalue weighted by atomic mass is 9.64. The van der Waals surface area contributed by atoms with Crippen LogP contribution in [0.25, 0.3) is 33.4 Å². The lowest BCUT2D eigenvalue weighted by Crippen LogP contribution is -2.33. The number of fused-ring (bicyclic) bond motifs is 12. The van der Waals surface area contributed by atoms with Crippen LogP contribution in [0.1, 0.15) is 99.9 Å². The van der Waals surface area contributed by atoms with Gasteiger partial charge in [0.2, 0.25) is 0 Å². The number of hydrogen-bond donors (Lipinski definition) is 0. The zero-order valence-electron chi connectivity index (χ0n) is 37.1. The van der Waals surface area contributed by atoms with Crippen molar-refractivity contribution in [3.8, 4) is 44.9 Å². The highest BCUT2D eigenvalue weighted by atomic mass is 16.5. The molecule has 304 valence electrons. The zero-order valence-corrected chi connectivity index (χ0v) is 37.1. The molecule has 0 saturated carbocycles. The zero-order chi connectivity index (χ0) is 42.8. The number of anilines is 3. The van der Waals surface area contributed by atoms with Crippen molar-refractivity contribution >= 4 is 17.1 Å². The molecule has 1 aliphatic heterocycles. The molecule has 0 saturated heterocycles. The van der Waals surface area contributed by atoms with Gasteiger partial charge in [0.15, 0.2) is 0 Å². The van der Waals surface area contributed by atoms with E-state index in [0.29, 0.717) is 0 Å². The third kappa shape index (κ3) is 5.62. The SMILES string of the molecule is CC(C)(C)c1ccc2c(c1)C1(c3cc(C(C)(C)C)ccc3O2)c2ccccc2-c2ccc(N(c3ccc(-c4ccccc4)cc3)c3ccc4c(c3)C(C)(C)c3ccccc3-4)cc21. The average Bonchev–Trinajstić information content (AvgIpc) is 3.68.